The third-order valence-electron chi connectivity index (χ3n) is 4.46. The van der Waals surface area contributed by atoms with Gasteiger partial charge in [-0.15, -0.1) is 10.2 Å². The Labute approximate surface area is 153 Å². The number of hydrogen-bond acceptors (Lipinski definition) is 4. The highest BCUT2D eigenvalue weighted by Gasteiger charge is 2.15. The normalized spacial score (nSPS) is 10.9. The maximum absolute atomic E-state index is 12.3. The number of aryl methyl sites for hydroxylation is 1. The maximum atomic E-state index is 12.3. The third-order valence-corrected chi connectivity index (χ3v) is 4.46. The van der Waals surface area contributed by atoms with Gasteiger partial charge in [0, 0.05) is 22.7 Å². The van der Waals surface area contributed by atoms with E-state index in [0.29, 0.717) is 11.8 Å². The molecule has 3 aromatic rings. The van der Waals surface area contributed by atoms with Crippen LogP contribution in [0.25, 0.3) is 22.9 Å². The summed E-state index contributed by atoms with van der Waals surface area (Å²) in [6, 6.07) is 15.4. The SMILES string of the molecule is CCC(CC)C(=O)Nc1cccc(-c2nnc(-c3ccc(C)cc3)o2)c1. The van der Waals surface area contributed by atoms with Gasteiger partial charge in [-0.1, -0.05) is 37.6 Å². The number of rotatable bonds is 6. The number of carbonyl (C=O) groups is 1. The van der Waals surface area contributed by atoms with Crippen molar-refractivity contribution < 1.29 is 9.21 Å². The van der Waals surface area contributed by atoms with E-state index in [0.717, 1.165) is 29.7 Å². The summed E-state index contributed by atoms with van der Waals surface area (Å²) in [5, 5.41) is 11.2. The first-order chi connectivity index (χ1) is 12.6. The van der Waals surface area contributed by atoms with Crippen LogP contribution in [-0.4, -0.2) is 16.1 Å². The number of amides is 1. The van der Waals surface area contributed by atoms with Crippen molar-refractivity contribution in [3.05, 3.63) is 54.1 Å². The Morgan fingerprint density at radius 3 is 2.31 bits per heavy atom. The molecule has 5 heteroatoms. The van der Waals surface area contributed by atoms with Crippen LogP contribution in [0.3, 0.4) is 0 Å². The molecule has 1 heterocycles. The predicted octanol–water partition coefficient (Wildman–Crippen LogP) is 5.09. The van der Waals surface area contributed by atoms with Gasteiger partial charge in [-0.25, -0.2) is 0 Å². The molecule has 26 heavy (non-hydrogen) atoms. The van der Waals surface area contributed by atoms with E-state index in [1.54, 1.807) is 0 Å². The number of nitrogens with one attached hydrogen (secondary N) is 1. The molecule has 1 aromatic heterocycles. The van der Waals surface area contributed by atoms with Crippen molar-refractivity contribution in [3.63, 3.8) is 0 Å². The second-order valence-corrected chi connectivity index (χ2v) is 6.36. The monoisotopic (exact) mass is 349 g/mol. The summed E-state index contributed by atoms with van der Waals surface area (Å²) in [6.45, 7) is 6.08. The van der Waals surface area contributed by atoms with E-state index >= 15 is 0 Å². The van der Waals surface area contributed by atoms with Gasteiger partial charge in [0.05, 0.1) is 0 Å². The van der Waals surface area contributed by atoms with Crippen LogP contribution in [0.4, 0.5) is 5.69 Å². The van der Waals surface area contributed by atoms with Gasteiger partial charge in [0.15, 0.2) is 0 Å². The minimum atomic E-state index is 0.0233. The zero-order valence-electron chi connectivity index (χ0n) is 15.3. The van der Waals surface area contributed by atoms with Gasteiger partial charge in [-0.3, -0.25) is 4.79 Å². The lowest BCUT2D eigenvalue weighted by Gasteiger charge is -2.13. The fourth-order valence-corrected chi connectivity index (χ4v) is 2.79. The summed E-state index contributed by atoms with van der Waals surface area (Å²) in [5.41, 5.74) is 3.56. The average Bonchev–Trinajstić information content (AvgIpc) is 3.14. The van der Waals surface area contributed by atoms with Crippen LogP contribution in [0.2, 0.25) is 0 Å². The van der Waals surface area contributed by atoms with Crippen molar-refractivity contribution in [3.8, 4) is 22.9 Å². The molecule has 0 aliphatic carbocycles. The first-order valence-electron chi connectivity index (χ1n) is 8.92. The van der Waals surface area contributed by atoms with Crippen molar-refractivity contribution >= 4 is 11.6 Å². The van der Waals surface area contributed by atoms with Crippen molar-refractivity contribution in [2.24, 2.45) is 5.92 Å². The van der Waals surface area contributed by atoms with E-state index in [4.69, 9.17) is 4.42 Å². The van der Waals surface area contributed by atoms with E-state index < -0.39 is 0 Å². The van der Waals surface area contributed by atoms with Gasteiger partial charge in [0.25, 0.3) is 0 Å². The van der Waals surface area contributed by atoms with Gasteiger partial charge in [-0.05, 0) is 50.1 Å². The van der Waals surface area contributed by atoms with Crippen LogP contribution in [-0.2, 0) is 4.79 Å². The van der Waals surface area contributed by atoms with Crippen molar-refractivity contribution in [2.45, 2.75) is 33.6 Å². The maximum Gasteiger partial charge on any atom is 0.248 e. The summed E-state index contributed by atoms with van der Waals surface area (Å²) in [7, 11) is 0. The van der Waals surface area contributed by atoms with E-state index in [1.807, 2.05) is 69.3 Å². The number of nitrogens with zero attached hydrogens (tertiary/aromatic N) is 2. The first kappa shape index (κ1) is 17.9. The summed E-state index contributed by atoms with van der Waals surface area (Å²) in [6.07, 6.45) is 1.65. The molecule has 0 aliphatic rings. The van der Waals surface area contributed by atoms with E-state index in [2.05, 4.69) is 15.5 Å². The smallest absolute Gasteiger partial charge is 0.248 e. The van der Waals surface area contributed by atoms with Crippen molar-refractivity contribution in [2.75, 3.05) is 5.32 Å². The summed E-state index contributed by atoms with van der Waals surface area (Å²) in [5.74, 6) is 0.971. The van der Waals surface area contributed by atoms with Gasteiger partial charge < -0.3 is 9.73 Å². The molecule has 2 aromatic carbocycles. The molecule has 134 valence electrons. The van der Waals surface area contributed by atoms with Crippen LogP contribution in [0.15, 0.2) is 52.9 Å². The highest BCUT2D eigenvalue weighted by atomic mass is 16.4. The Balaban J connectivity index is 1.80. The molecule has 1 amide bonds. The molecule has 5 nitrogen and oxygen atoms in total. The van der Waals surface area contributed by atoms with Crippen LogP contribution < -0.4 is 5.32 Å². The first-order valence-corrected chi connectivity index (χ1v) is 8.92. The standard InChI is InChI=1S/C21H23N3O2/c1-4-15(5-2)19(25)22-18-8-6-7-17(13-18)21-24-23-20(26-21)16-11-9-14(3)10-12-16/h6-13,15H,4-5H2,1-3H3,(H,22,25). The molecule has 3 rings (SSSR count). The number of anilines is 1. The van der Waals surface area contributed by atoms with E-state index in [9.17, 15) is 4.79 Å². The van der Waals surface area contributed by atoms with Gasteiger partial charge in [-0.2, -0.15) is 0 Å². The Morgan fingerprint density at radius 1 is 1.00 bits per heavy atom. The Morgan fingerprint density at radius 2 is 1.65 bits per heavy atom. The van der Waals surface area contributed by atoms with Crippen molar-refractivity contribution in [1.82, 2.24) is 10.2 Å². The van der Waals surface area contributed by atoms with Gasteiger partial charge in [0.2, 0.25) is 17.7 Å². The summed E-state index contributed by atoms with van der Waals surface area (Å²) < 4.78 is 5.81. The molecule has 0 saturated heterocycles. The molecule has 0 spiro atoms. The van der Waals surface area contributed by atoms with Gasteiger partial charge in [0.1, 0.15) is 0 Å². The molecule has 0 bridgehead atoms. The Bertz CT molecular complexity index is 880. The van der Waals surface area contributed by atoms with Crippen LogP contribution in [0.1, 0.15) is 32.3 Å². The second kappa shape index (κ2) is 7.95. The number of hydrogen-bond donors (Lipinski definition) is 1. The van der Waals surface area contributed by atoms with Crippen molar-refractivity contribution in [1.29, 1.82) is 0 Å². The molecular formula is C21H23N3O2. The lowest BCUT2D eigenvalue weighted by molar-refractivity contribution is -0.120. The van der Waals surface area contributed by atoms with Crippen LogP contribution in [0.5, 0.6) is 0 Å². The third kappa shape index (κ3) is 3.99. The summed E-state index contributed by atoms with van der Waals surface area (Å²) in [4.78, 5) is 12.3. The average molecular weight is 349 g/mol. The fourth-order valence-electron chi connectivity index (χ4n) is 2.79. The molecular weight excluding hydrogens is 326 g/mol. The predicted molar refractivity (Wildman–Crippen MR) is 103 cm³/mol. The highest BCUT2D eigenvalue weighted by molar-refractivity contribution is 5.93. The summed E-state index contributed by atoms with van der Waals surface area (Å²) >= 11 is 0. The quantitative estimate of drug-likeness (QED) is 0.673. The van der Waals surface area contributed by atoms with Crippen LogP contribution >= 0.6 is 0 Å². The molecule has 0 atom stereocenters. The molecule has 0 aliphatic heterocycles. The molecule has 0 unspecified atom stereocenters. The lowest BCUT2D eigenvalue weighted by Crippen LogP contribution is -2.21. The Kier molecular flexibility index (Phi) is 5.46. The fraction of sp³-hybridized carbons (Fsp3) is 0.286. The molecule has 0 radical (unpaired) electrons. The van der Waals surface area contributed by atoms with Crippen LogP contribution in [0, 0.1) is 12.8 Å². The number of carbonyl (C=O) groups excluding carboxylic acids is 1. The van der Waals surface area contributed by atoms with E-state index in [-0.39, 0.29) is 11.8 Å². The second-order valence-electron chi connectivity index (χ2n) is 6.36. The van der Waals surface area contributed by atoms with E-state index in [1.165, 1.54) is 5.56 Å². The zero-order valence-corrected chi connectivity index (χ0v) is 15.3. The Hall–Kier alpha value is -2.95. The number of benzene rings is 2. The zero-order chi connectivity index (χ0) is 18.5. The lowest BCUT2D eigenvalue weighted by atomic mass is 10.0. The van der Waals surface area contributed by atoms with Gasteiger partial charge >= 0.3 is 0 Å². The topological polar surface area (TPSA) is 68.0 Å². The minimum absolute atomic E-state index is 0.0233. The highest BCUT2D eigenvalue weighted by Crippen LogP contribution is 2.26. The molecule has 0 saturated carbocycles. The molecule has 1 N–H and O–H groups in total. The minimum Gasteiger partial charge on any atom is -0.416 e. The number of aromatic nitrogens is 2. The largest absolute Gasteiger partial charge is 0.416 e. The molecule has 0 fully saturated rings.